The summed E-state index contributed by atoms with van der Waals surface area (Å²) in [4.78, 5) is 22.4. The van der Waals surface area contributed by atoms with Gasteiger partial charge in [0.2, 0.25) is 5.91 Å². The highest BCUT2D eigenvalue weighted by molar-refractivity contribution is 7.21. The first kappa shape index (κ1) is 18.1. The third-order valence-electron chi connectivity index (χ3n) is 4.46. The van der Waals surface area contributed by atoms with Crippen LogP contribution in [0.25, 0.3) is 20.9 Å². The molecule has 1 N–H and O–H groups in total. The lowest BCUT2D eigenvalue weighted by Crippen LogP contribution is -2.15. The number of hydrogen-bond acceptors (Lipinski definition) is 5. The molecule has 4 aromatic rings. The Labute approximate surface area is 167 Å². The van der Waals surface area contributed by atoms with Gasteiger partial charge < -0.3 is 10.1 Å². The van der Waals surface area contributed by atoms with Crippen LogP contribution in [-0.2, 0) is 11.2 Å². The summed E-state index contributed by atoms with van der Waals surface area (Å²) < 4.78 is 5.32. The van der Waals surface area contributed by atoms with E-state index in [1.54, 1.807) is 24.6 Å². The second kappa shape index (κ2) is 7.78. The van der Waals surface area contributed by atoms with E-state index in [0.717, 1.165) is 37.7 Å². The molecule has 0 saturated carbocycles. The number of rotatable bonds is 5. The number of carbonyl (C=O) groups is 1. The number of benzene rings is 2. The standard InChI is InChI=1S/C22H19N3O2S/c1-14-12-16(21-25-18-7-5-11-23-22(18)28-21)9-10-17(14)24-20(26)13-15-6-3-4-8-19(15)27-2/h3-12H,13H2,1-2H3,(H,24,26). The van der Waals surface area contributed by atoms with Crippen LogP contribution in [0, 0.1) is 6.92 Å². The predicted molar refractivity (Wildman–Crippen MR) is 113 cm³/mol. The van der Waals surface area contributed by atoms with Crippen molar-refractivity contribution in [3.05, 3.63) is 71.9 Å². The molecule has 1 amide bonds. The van der Waals surface area contributed by atoms with Crippen molar-refractivity contribution in [3.63, 3.8) is 0 Å². The second-order valence-electron chi connectivity index (χ2n) is 6.41. The van der Waals surface area contributed by atoms with Crippen LogP contribution in [0.5, 0.6) is 5.75 Å². The molecule has 6 heteroatoms. The van der Waals surface area contributed by atoms with Gasteiger partial charge in [-0.25, -0.2) is 9.97 Å². The largest absolute Gasteiger partial charge is 0.496 e. The molecule has 0 atom stereocenters. The first-order valence-corrected chi connectivity index (χ1v) is 9.70. The van der Waals surface area contributed by atoms with Gasteiger partial charge in [-0.05, 0) is 48.9 Å². The van der Waals surface area contributed by atoms with Crippen molar-refractivity contribution in [2.24, 2.45) is 0 Å². The zero-order chi connectivity index (χ0) is 19.5. The van der Waals surface area contributed by atoms with Crippen molar-refractivity contribution in [3.8, 4) is 16.3 Å². The van der Waals surface area contributed by atoms with Gasteiger partial charge >= 0.3 is 0 Å². The van der Waals surface area contributed by atoms with Crippen LogP contribution in [0.15, 0.2) is 60.8 Å². The lowest BCUT2D eigenvalue weighted by atomic mass is 10.1. The Kier molecular flexibility index (Phi) is 5.04. The number of carbonyl (C=O) groups excluding carboxylic acids is 1. The number of ether oxygens (including phenoxy) is 1. The maximum Gasteiger partial charge on any atom is 0.228 e. The zero-order valence-corrected chi connectivity index (χ0v) is 16.4. The average Bonchev–Trinajstić information content (AvgIpc) is 3.14. The molecular formula is C22H19N3O2S. The number of aryl methyl sites for hydroxylation is 1. The number of thiazole rings is 1. The summed E-state index contributed by atoms with van der Waals surface area (Å²) >= 11 is 1.56. The smallest absolute Gasteiger partial charge is 0.228 e. The normalized spacial score (nSPS) is 10.8. The highest BCUT2D eigenvalue weighted by Gasteiger charge is 2.12. The van der Waals surface area contributed by atoms with Crippen molar-refractivity contribution in [2.45, 2.75) is 13.3 Å². The Morgan fingerprint density at radius 1 is 1.14 bits per heavy atom. The number of hydrogen-bond donors (Lipinski definition) is 1. The molecule has 2 heterocycles. The topological polar surface area (TPSA) is 64.1 Å². The molecule has 0 spiro atoms. The van der Waals surface area contributed by atoms with Gasteiger partial charge in [0, 0.05) is 23.0 Å². The van der Waals surface area contributed by atoms with Crippen LogP contribution in [0.4, 0.5) is 5.69 Å². The van der Waals surface area contributed by atoms with Gasteiger partial charge in [-0.15, -0.1) is 0 Å². The number of nitrogens with zero attached hydrogens (tertiary/aromatic N) is 2. The van der Waals surface area contributed by atoms with Gasteiger partial charge in [-0.3, -0.25) is 4.79 Å². The molecule has 4 rings (SSSR count). The quantitative estimate of drug-likeness (QED) is 0.530. The number of para-hydroxylation sites is 1. The van der Waals surface area contributed by atoms with Crippen LogP contribution in [0.1, 0.15) is 11.1 Å². The van der Waals surface area contributed by atoms with E-state index in [0.29, 0.717) is 5.75 Å². The molecule has 0 saturated heterocycles. The first-order valence-electron chi connectivity index (χ1n) is 8.88. The zero-order valence-electron chi connectivity index (χ0n) is 15.6. The summed E-state index contributed by atoms with van der Waals surface area (Å²) in [5, 5.41) is 3.91. The van der Waals surface area contributed by atoms with Gasteiger partial charge in [-0.1, -0.05) is 29.5 Å². The van der Waals surface area contributed by atoms with Crippen molar-refractivity contribution in [2.75, 3.05) is 12.4 Å². The van der Waals surface area contributed by atoms with Crippen LogP contribution in [0.3, 0.4) is 0 Å². The maximum absolute atomic E-state index is 12.5. The molecule has 0 unspecified atom stereocenters. The fraction of sp³-hybridized carbons (Fsp3) is 0.136. The van der Waals surface area contributed by atoms with Gasteiger partial charge in [-0.2, -0.15) is 0 Å². The number of aromatic nitrogens is 2. The third kappa shape index (κ3) is 3.73. The van der Waals surface area contributed by atoms with Crippen molar-refractivity contribution < 1.29 is 9.53 Å². The van der Waals surface area contributed by atoms with Crippen molar-refractivity contribution in [1.29, 1.82) is 0 Å². The number of amides is 1. The van der Waals surface area contributed by atoms with Crippen LogP contribution in [0.2, 0.25) is 0 Å². The number of pyridine rings is 1. The minimum Gasteiger partial charge on any atom is -0.496 e. The summed E-state index contributed by atoms with van der Waals surface area (Å²) in [6, 6.07) is 17.3. The average molecular weight is 389 g/mol. The van der Waals surface area contributed by atoms with Crippen molar-refractivity contribution in [1.82, 2.24) is 9.97 Å². The highest BCUT2D eigenvalue weighted by Crippen LogP contribution is 2.31. The molecular weight excluding hydrogens is 370 g/mol. The predicted octanol–water partition coefficient (Wildman–Crippen LogP) is 4.86. The summed E-state index contributed by atoms with van der Waals surface area (Å²) in [5.41, 5.74) is 4.55. The monoisotopic (exact) mass is 389 g/mol. The maximum atomic E-state index is 12.5. The second-order valence-corrected chi connectivity index (χ2v) is 7.39. The molecule has 140 valence electrons. The Balaban J connectivity index is 1.52. The highest BCUT2D eigenvalue weighted by atomic mass is 32.1. The molecule has 0 aliphatic carbocycles. The molecule has 0 bridgehead atoms. The van der Waals surface area contributed by atoms with Gasteiger partial charge in [0.05, 0.1) is 13.5 Å². The van der Waals surface area contributed by atoms with E-state index in [-0.39, 0.29) is 12.3 Å². The van der Waals surface area contributed by atoms with Gasteiger partial charge in [0.1, 0.15) is 21.1 Å². The molecule has 28 heavy (non-hydrogen) atoms. The van der Waals surface area contributed by atoms with Crippen LogP contribution < -0.4 is 10.1 Å². The number of anilines is 1. The van der Waals surface area contributed by atoms with E-state index >= 15 is 0 Å². The summed E-state index contributed by atoms with van der Waals surface area (Å²) in [7, 11) is 1.61. The minimum absolute atomic E-state index is 0.0791. The minimum atomic E-state index is -0.0791. The summed E-state index contributed by atoms with van der Waals surface area (Å²) in [5.74, 6) is 0.638. The van der Waals surface area contributed by atoms with Gasteiger partial charge in [0.15, 0.2) is 0 Å². The summed E-state index contributed by atoms with van der Waals surface area (Å²) in [6.07, 6.45) is 2.03. The van der Waals surface area contributed by atoms with Crippen LogP contribution >= 0.6 is 11.3 Å². The Bertz CT molecular complexity index is 1120. The molecule has 2 aromatic carbocycles. The molecule has 2 aromatic heterocycles. The van der Waals surface area contributed by atoms with E-state index < -0.39 is 0 Å². The lowest BCUT2D eigenvalue weighted by Gasteiger charge is -2.11. The SMILES string of the molecule is COc1ccccc1CC(=O)Nc1ccc(-c2nc3cccnc3s2)cc1C. The fourth-order valence-electron chi connectivity index (χ4n) is 3.05. The molecule has 0 aliphatic heterocycles. The first-order chi connectivity index (χ1) is 13.6. The van der Waals surface area contributed by atoms with Gasteiger partial charge in [0.25, 0.3) is 0 Å². The molecule has 0 radical (unpaired) electrons. The number of methoxy groups -OCH3 is 1. The number of fused-ring (bicyclic) bond motifs is 1. The fourth-order valence-corrected chi connectivity index (χ4v) is 3.95. The molecule has 0 aliphatic rings. The summed E-state index contributed by atoms with van der Waals surface area (Å²) in [6.45, 7) is 1.98. The van der Waals surface area contributed by atoms with E-state index in [2.05, 4.69) is 15.3 Å². The number of nitrogens with one attached hydrogen (secondary N) is 1. The van der Waals surface area contributed by atoms with E-state index in [1.165, 1.54) is 0 Å². The molecule has 0 fully saturated rings. The van der Waals surface area contributed by atoms with E-state index in [9.17, 15) is 4.79 Å². The Hall–Kier alpha value is -3.25. The third-order valence-corrected chi connectivity index (χ3v) is 5.49. The van der Waals surface area contributed by atoms with E-state index in [4.69, 9.17) is 4.74 Å². The Morgan fingerprint density at radius 2 is 2.00 bits per heavy atom. The van der Waals surface area contributed by atoms with Crippen LogP contribution in [-0.4, -0.2) is 23.0 Å². The molecule has 5 nitrogen and oxygen atoms in total. The Morgan fingerprint density at radius 3 is 2.79 bits per heavy atom. The lowest BCUT2D eigenvalue weighted by molar-refractivity contribution is -0.115. The van der Waals surface area contributed by atoms with E-state index in [1.807, 2.05) is 61.5 Å². The van der Waals surface area contributed by atoms with Crippen molar-refractivity contribution >= 4 is 33.3 Å².